The molecule has 0 aromatic carbocycles. The van der Waals surface area contributed by atoms with E-state index < -0.39 is 5.97 Å². The second kappa shape index (κ2) is 6.00. The van der Waals surface area contributed by atoms with Gasteiger partial charge in [0.2, 0.25) is 0 Å². The van der Waals surface area contributed by atoms with Gasteiger partial charge in [0, 0.05) is 6.04 Å². The van der Waals surface area contributed by atoms with Gasteiger partial charge < -0.3 is 10.4 Å². The highest BCUT2D eigenvalue weighted by Crippen LogP contribution is 2.26. The summed E-state index contributed by atoms with van der Waals surface area (Å²) in [6, 6.07) is 3.28. The number of carbonyl (C=O) groups is 1. The summed E-state index contributed by atoms with van der Waals surface area (Å²) in [5.74, 6) is -0.515. The van der Waals surface area contributed by atoms with Gasteiger partial charge in [0.15, 0.2) is 5.15 Å². The first-order chi connectivity index (χ1) is 8.66. The average molecular weight is 270 g/mol. The minimum atomic E-state index is -0.740. The molecule has 0 saturated heterocycles. The van der Waals surface area contributed by atoms with Gasteiger partial charge in [-0.2, -0.15) is 0 Å². The zero-order chi connectivity index (χ0) is 13.0. The van der Waals surface area contributed by atoms with Crippen molar-refractivity contribution in [3.63, 3.8) is 0 Å². The molecular formula is C12H16ClN3O2. The van der Waals surface area contributed by atoms with Crippen molar-refractivity contribution in [3.8, 4) is 0 Å². The second-order valence-corrected chi connectivity index (χ2v) is 4.96. The van der Waals surface area contributed by atoms with Crippen molar-refractivity contribution in [3.05, 3.63) is 17.3 Å². The maximum absolute atomic E-state index is 11.3. The van der Waals surface area contributed by atoms with Crippen LogP contribution in [0.25, 0.3) is 0 Å². The summed E-state index contributed by atoms with van der Waals surface area (Å²) in [6.45, 7) is 0. The van der Waals surface area contributed by atoms with Crippen molar-refractivity contribution in [2.75, 3.05) is 5.32 Å². The fraction of sp³-hybridized carbons (Fsp3) is 0.583. The largest absolute Gasteiger partial charge is 0.481 e. The van der Waals surface area contributed by atoms with E-state index in [0.717, 1.165) is 25.7 Å². The molecule has 1 aliphatic carbocycles. The molecule has 98 valence electrons. The number of nitrogens with zero attached hydrogens (tertiary/aromatic N) is 2. The van der Waals surface area contributed by atoms with Gasteiger partial charge in [-0.25, -0.2) is 0 Å². The van der Waals surface area contributed by atoms with Crippen LogP contribution in [0.2, 0.25) is 5.15 Å². The fourth-order valence-corrected chi connectivity index (χ4v) is 2.46. The van der Waals surface area contributed by atoms with Crippen molar-refractivity contribution < 1.29 is 9.90 Å². The Hall–Kier alpha value is -1.36. The van der Waals surface area contributed by atoms with E-state index in [1.165, 1.54) is 0 Å². The van der Waals surface area contributed by atoms with E-state index in [2.05, 4.69) is 15.5 Å². The Bertz CT molecular complexity index is 410. The SMILES string of the molecule is O=C(O)C1CCCCCC1Nc1ccc(Cl)nn1. The Kier molecular flexibility index (Phi) is 4.36. The first-order valence-corrected chi connectivity index (χ1v) is 6.53. The summed E-state index contributed by atoms with van der Waals surface area (Å²) in [7, 11) is 0. The molecule has 2 unspecified atom stereocenters. The normalized spacial score (nSPS) is 24.3. The van der Waals surface area contributed by atoms with Crippen LogP contribution in [0.1, 0.15) is 32.1 Å². The molecule has 6 heteroatoms. The van der Waals surface area contributed by atoms with Crippen LogP contribution in [0.4, 0.5) is 5.82 Å². The van der Waals surface area contributed by atoms with Crippen LogP contribution in [0.5, 0.6) is 0 Å². The summed E-state index contributed by atoms with van der Waals surface area (Å²) < 4.78 is 0. The third-order valence-corrected chi connectivity index (χ3v) is 3.50. The molecule has 5 nitrogen and oxygen atoms in total. The Morgan fingerprint density at radius 1 is 1.28 bits per heavy atom. The predicted molar refractivity (Wildman–Crippen MR) is 68.7 cm³/mol. The van der Waals surface area contributed by atoms with Gasteiger partial charge in [-0.05, 0) is 25.0 Å². The number of hydrogen-bond acceptors (Lipinski definition) is 4. The Morgan fingerprint density at radius 2 is 2.06 bits per heavy atom. The molecule has 2 rings (SSSR count). The summed E-state index contributed by atoms with van der Waals surface area (Å²) >= 11 is 5.66. The molecular weight excluding hydrogens is 254 g/mol. The zero-order valence-electron chi connectivity index (χ0n) is 9.97. The number of nitrogens with one attached hydrogen (secondary N) is 1. The van der Waals surface area contributed by atoms with Gasteiger partial charge in [0.05, 0.1) is 5.92 Å². The van der Waals surface area contributed by atoms with E-state index in [-0.39, 0.29) is 12.0 Å². The maximum Gasteiger partial charge on any atom is 0.308 e. The number of carboxylic acid groups (broad SMARTS) is 1. The second-order valence-electron chi connectivity index (χ2n) is 4.57. The Labute approximate surface area is 111 Å². The smallest absolute Gasteiger partial charge is 0.308 e. The molecule has 0 radical (unpaired) electrons. The molecule has 1 aliphatic rings. The molecule has 1 aromatic heterocycles. The molecule has 0 spiro atoms. The summed E-state index contributed by atoms with van der Waals surface area (Å²) in [5, 5.41) is 20.4. The minimum absolute atomic E-state index is 0.0829. The van der Waals surface area contributed by atoms with Crippen LogP contribution in [-0.2, 0) is 4.79 Å². The number of hydrogen-bond donors (Lipinski definition) is 2. The van der Waals surface area contributed by atoms with E-state index in [0.29, 0.717) is 17.4 Å². The van der Waals surface area contributed by atoms with Crippen LogP contribution in [0.15, 0.2) is 12.1 Å². The molecule has 1 fully saturated rings. The van der Waals surface area contributed by atoms with E-state index in [1.807, 2.05) is 0 Å². The molecule has 0 bridgehead atoms. The average Bonchev–Trinajstić information content (AvgIpc) is 2.57. The molecule has 2 atom stereocenters. The lowest BCUT2D eigenvalue weighted by atomic mass is 9.95. The lowest BCUT2D eigenvalue weighted by Crippen LogP contribution is -2.34. The number of anilines is 1. The van der Waals surface area contributed by atoms with Gasteiger partial charge in [-0.15, -0.1) is 10.2 Å². The van der Waals surface area contributed by atoms with Crippen LogP contribution in [-0.4, -0.2) is 27.3 Å². The molecule has 0 aliphatic heterocycles. The number of halogens is 1. The standard InChI is InChI=1S/C12H16ClN3O2/c13-10-6-7-11(16-15-10)14-9-5-3-1-2-4-8(9)12(17)18/h6-9H,1-5H2,(H,14,16)(H,17,18). The molecule has 0 amide bonds. The van der Waals surface area contributed by atoms with Crippen LogP contribution in [0, 0.1) is 5.92 Å². The van der Waals surface area contributed by atoms with Crippen molar-refractivity contribution in [1.82, 2.24) is 10.2 Å². The topological polar surface area (TPSA) is 75.1 Å². The van der Waals surface area contributed by atoms with E-state index in [1.54, 1.807) is 12.1 Å². The first kappa shape index (κ1) is 13.1. The Balaban J connectivity index is 2.08. The van der Waals surface area contributed by atoms with E-state index >= 15 is 0 Å². The van der Waals surface area contributed by atoms with Crippen LogP contribution in [0.3, 0.4) is 0 Å². The minimum Gasteiger partial charge on any atom is -0.481 e. The number of rotatable bonds is 3. The highest BCUT2D eigenvalue weighted by molar-refractivity contribution is 6.29. The first-order valence-electron chi connectivity index (χ1n) is 6.15. The van der Waals surface area contributed by atoms with Gasteiger partial charge in [-0.3, -0.25) is 4.79 Å². The predicted octanol–water partition coefficient (Wildman–Crippen LogP) is 2.58. The lowest BCUT2D eigenvalue weighted by molar-refractivity contribution is -0.142. The van der Waals surface area contributed by atoms with Gasteiger partial charge in [0.25, 0.3) is 0 Å². The maximum atomic E-state index is 11.3. The highest BCUT2D eigenvalue weighted by Gasteiger charge is 2.29. The van der Waals surface area contributed by atoms with Crippen LogP contribution < -0.4 is 5.32 Å². The zero-order valence-corrected chi connectivity index (χ0v) is 10.7. The van der Waals surface area contributed by atoms with Gasteiger partial charge in [0.1, 0.15) is 5.82 Å². The summed E-state index contributed by atoms with van der Waals surface area (Å²) in [6.07, 6.45) is 4.67. The highest BCUT2D eigenvalue weighted by atomic mass is 35.5. The lowest BCUT2D eigenvalue weighted by Gasteiger charge is -2.23. The third-order valence-electron chi connectivity index (χ3n) is 3.30. The number of carboxylic acids is 1. The quantitative estimate of drug-likeness (QED) is 0.825. The van der Waals surface area contributed by atoms with Crippen molar-refractivity contribution in [2.45, 2.75) is 38.1 Å². The van der Waals surface area contributed by atoms with Crippen molar-refractivity contribution in [1.29, 1.82) is 0 Å². The van der Waals surface area contributed by atoms with E-state index in [4.69, 9.17) is 11.6 Å². The molecule has 1 saturated carbocycles. The molecule has 1 aromatic rings. The summed E-state index contributed by atoms with van der Waals surface area (Å²) in [5.41, 5.74) is 0. The molecule has 2 N–H and O–H groups in total. The van der Waals surface area contributed by atoms with E-state index in [9.17, 15) is 9.90 Å². The number of aromatic nitrogens is 2. The monoisotopic (exact) mass is 269 g/mol. The van der Waals surface area contributed by atoms with Gasteiger partial charge in [-0.1, -0.05) is 30.9 Å². The van der Waals surface area contributed by atoms with Crippen molar-refractivity contribution >= 4 is 23.4 Å². The summed E-state index contributed by atoms with van der Waals surface area (Å²) in [4.78, 5) is 11.3. The molecule has 18 heavy (non-hydrogen) atoms. The van der Waals surface area contributed by atoms with Crippen molar-refractivity contribution in [2.24, 2.45) is 5.92 Å². The fourth-order valence-electron chi connectivity index (χ4n) is 2.36. The van der Waals surface area contributed by atoms with Crippen LogP contribution >= 0.6 is 11.6 Å². The Morgan fingerprint density at radius 3 is 2.72 bits per heavy atom. The number of aliphatic carboxylic acids is 1. The molecule has 1 heterocycles. The third kappa shape index (κ3) is 3.32. The van der Waals surface area contributed by atoms with Gasteiger partial charge >= 0.3 is 5.97 Å².